The molecule has 0 bridgehead atoms. The summed E-state index contributed by atoms with van der Waals surface area (Å²) in [5.74, 6) is 0.872. The highest BCUT2D eigenvalue weighted by molar-refractivity contribution is 5.94. The highest BCUT2D eigenvalue weighted by Gasteiger charge is 2.27. The van der Waals surface area contributed by atoms with Crippen molar-refractivity contribution in [1.82, 2.24) is 0 Å². The lowest BCUT2D eigenvalue weighted by molar-refractivity contribution is -0.159. The van der Waals surface area contributed by atoms with Crippen LogP contribution in [0, 0.1) is 0 Å². The predicted molar refractivity (Wildman–Crippen MR) is 124 cm³/mol. The fourth-order valence-corrected chi connectivity index (χ4v) is 3.72. The molecule has 0 radical (unpaired) electrons. The number of ether oxygens (including phenoxy) is 5. The Morgan fingerprint density at radius 3 is 2.48 bits per heavy atom. The zero-order valence-corrected chi connectivity index (χ0v) is 20.0. The lowest BCUT2D eigenvalue weighted by Gasteiger charge is -2.27. The van der Waals surface area contributed by atoms with Gasteiger partial charge in [-0.05, 0) is 50.1 Å². The van der Waals surface area contributed by atoms with Crippen molar-refractivity contribution in [2.24, 2.45) is 0 Å². The third-order valence-corrected chi connectivity index (χ3v) is 5.43. The summed E-state index contributed by atoms with van der Waals surface area (Å²) in [4.78, 5) is 24.1. The smallest absolute Gasteiger partial charge is 0.338 e. The van der Waals surface area contributed by atoms with Gasteiger partial charge in [-0.15, -0.1) is 0 Å². The molecule has 0 saturated heterocycles. The number of carbonyl (C=O) groups excluding carboxylic acids is 2. The van der Waals surface area contributed by atoms with Gasteiger partial charge in [0.2, 0.25) is 5.75 Å². The molecule has 0 unspecified atom stereocenters. The number of methoxy groups -OCH3 is 2. The van der Waals surface area contributed by atoms with Gasteiger partial charge in [0, 0.05) is 17.5 Å². The van der Waals surface area contributed by atoms with Crippen LogP contribution in [0.15, 0.2) is 30.3 Å². The molecule has 0 aromatic heterocycles. The van der Waals surface area contributed by atoms with Gasteiger partial charge in [-0.3, -0.25) is 4.79 Å². The van der Waals surface area contributed by atoms with E-state index in [9.17, 15) is 9.59 Å². The first kappa shape index (κ1) is 24.4. The third kappa shape index (κ3) is 5.78. The minimum Gasteiger partial charge on any atom is -0.493 e. The lowest BCUT2D eigenvalue weighted by atomic mass is 9.99. The molecule has 7 heteroatoms. The van der Waals surface area contributed by atoms with Gasteiger partial charge >= 0.3 is 11.9 Å². The van der Waals surface area contributed by atoms with Gasteiger partial charge in [0.1, 0.15) is 18.8 Å². The van der Waals surface area contributed by atoms with E-state index in [0.717, 1.165) is 36.0 Å². The minimum atomic E-state index is -0.840. The molecule has 0 amide bonds. The number of esters is 2. The fourth-order valence-electron chi connectivity index (χ4n) is 3.72. The van der Waals surface area contributed by atoms with Gasteiger partial charge < -0.3 is 23.7 Å². The van der Waals surface area contributed by atoms with Crippen LogP contribution in [0.4, 0.5) is 0 Å². The predicted octanol–water partition coefficient (Wildman–Crippen LogP) is 5.32. The largest absolute Gasteiger partial charge is 0.493 e. The van der Waals surface area contributed by atoms with Crippen molar-refractivity contribution in [3.05, 3.63) is 41.5 Å². The Balaban J connectivity index is 1.87. The Morgan fingerprint density at radius 1 is 1.03 bits per heavy atom. The van der Waals surface area contributed by atoms with Crippen LogP contribution in [0.3, 0.4) is 0 Å². The van der Waals surface area contributed by atoms with Gasteiger partial charge in [0.15, 0.2) is 11.5 Å². The van der Waals surface area contributed by atoms with Gasteiger partial charge in [0.05, 0.1) is 19.8 Å². The van der Waals surface area contributed by atoms with Crippen molar-refractivity contribution < 1.29 is 33.3 Å². The monoisotopic (exact) mass is 456 g/mol. The van der Waals surface area contributed by atoms with E-state index in [-0.39, 0.29) is 25.2 Å². The molecule has 2 aromatic carbocycles. The Morgan fingerprint density at radius 2 is 1.79 bits per heavy atom. The third-order valence-electron chi connectivity index (χ3n) is 5.43. The van der Waals surface area contributed by atoms with E-state index >= 15 is 0 Å². The van der Waals surface area contributed by atoms with Crippen molar-refractivity contribution >= 4 is 11.9 Å². The Labute approximate surface area is 194 Å². The number of hydrogen-bond donors (Lipinski definition) is 0. The van der Waals surface area contributed by atoms with E-state index in [1.165, 1.54) is 0 Å². The number of rotatable bonds is 11. The van der Waals surface area contributed by atoms with E-state index in [0.29, 0.717) is 29.2 Å². The normalized spacial score (nSPS) is 12.7. The van der Waals surface area contributed by atoms with Gasteiger partial charge in [-0.1, -0.05) is 25.8 Å². The second-order valence-corrected chi connectivity index (χ2v) is 8.61. The molecule has 3 rings (SSSR count). The van der Waals surface area contributed by atoms with E-state index in [1.807, 2.05) is 32.0 Å². The van der Waals surface area contributed by atoms with Crippen LogP contribution in [-0.4, -0.2) is 38.4 Å². The van der Waals surface area contributed by atoms with Crippen LogP contribution < -0.4 is 14.2 Å². The zero-order valence-electron chi connectivity index (χ0n) is 20.0. The average molecular weight is 457 g/mol. The Kier molecular flexibility index (Phi) is 7.84. The molecule has 1 aliphatic rings. The number of unbranched alkanes of at least 4 members (excludes halogenated alkanes) is 2. The molecule has 2 aromatic rings. The topological polar surface area (TPSA) is 80.3 Å². The number of cyclic esters (lactones) is 1. The summed E-state index contributed by atoms with van der Waals surface area (Å²) in [6.07, 6.45) is 3.24. The molecule has 33 heavy (non-hydrogen) atoms. The molecule has 7 nitrogen and oxygen atoms in total. The quantitative estimate of drug-likeness (QED) is 0.334. The summed E-state index contributed by atoms with van der Waals surface area (Å²) in [5.41, 5.74) is 2.15. The SMILES string of the molecule is CCCCCC(=O)OC(C)(C)COc1c(-c2ccc3c(c2)COC3=O)ccc(OC)c1OC. The second kappa shape index (κ2) is 10.6. The maximum atomic E-state index is 12.2. The van der Waals surface area contributed by atoms with Crippen LogP contribution in [0.25, 0.3) is 11.1 Å². The van der Waals surface area contributed by atoms with E-state index in [4.69, 9.17) is 23.7 Å². The highest BCUT2D eigenvalue weighted by Crippen LogP contribution is 2.45. The standard InChI is InChI=1S/C26H32O7/c1-6-7-8-9-22(27)33-26(2,3)16-32-23-19(12-13-21(29-4)24(23)30-5)17-10-11-20-18(14-17)15-31-25(20)28/h10-14H,6-9,15-16H2,1-5H3. The van der Waals surface area contributed by atoms with Crippen molar-refractivity contribution in [2.75, 3.05) is 20.8 Å². The van der Waals surface area contributed by atoms with E-state index < -0.39 is 5.60 Å². The molecule has 178 valence electrons. The van der Waals surface area contributed by atoms with Gasteiger partial charge in [-0.2, -0.15) is 0 Å². The van der Waals surface area contributed by atoms with Crippen molar-refractivity contribution in [3.8, 4) is 28.4 Å². The molecule has 0 saturated carbocycles. The van der Waals surface area contributed by atoms with Gasteiger partial charge in [-0.25, -0.2) is 4.79 Å². The second-order valence-electron chi connectivity index (χ2n) is 8.61. The summed E-state index contributed by atoms with van der Waals surface area (Å²) < 4.78 is 28.1. The highest BCUT2D eigenvalue weighted by atomic mass is 16.6. The summed E-state index contributed by atoms with van der Waals surface area (Å²) in [7, 11) is 3.10. The lowest BCUT2D eigenvalue weighted by Crippen LogP contribution is -2.35. The maximum absolute atomic E-state index is 12.2. The van der Waals surface area contributed by atoms with Crippen LogP contribution in [0.1, 0.15) is 62.4 Å². The summed E-state index contributed by atoms with van der Waals surface area (Å²) >= 11 is 0. The molecular weight excluding hydrogens is 424 g/mol. The fraction of sp³-hybridized carbons (Fsp3) is 0.462. The number of benzene rings is 2. The van der Waals surface area contributed by atoms with E-state index in [2.05, 4.69) is 6.92 Å². The van der Waals surface area contributed by atoms with Crippen LogP contribution in [0.2, 0.25) is 0 Å². The molecule has 0 spiro atoms. The minimum absolute atomic E-state index is 0.121. The first-order chi connectivity index (χ1) is 15.8. The number of fused-ring (bicyclic) bond motifs is 1. The van der Waals surface area contributed by atoms with Gasteiger partial charge in [0.25, 0.3) is 0 Å². The molecule has 0 atom stereocenters. The molecular formula is C26H32O7. The first-order valence-corrected chi connectivity index (χ1v) is 11.2. The van der Waals surface area contributed by atoms with Crippen molar-refractivity contribution in [3.63, 3.8) is 0 Å². The van der Waals surface area contributed by atoms with Crippen molar-refractivity contribution in [1.29, 1.82) is 0 Å². The molecule has 1 aliphatic heterocycles. The van der Waals surface area contributed by atoms with E-state index in [1.54, 1.807) is 26.4 Å². The Hall–Kier alpha value is -3.22. The molecule has 0 aliphatic carbocycles. The summed E-state index contributed by atoms with van der Waals surface area (Å²) in [6, 6.07) is 9.18. The summed E-state index contributed by atoms with van der Waals surface area (Å²) in [5, 5.41) is 0. The first-order valence-electron chi connectivity index (χ1n) is 11.2. The number of hydrogen-bond acceptors (Lipinski definition) is 7. The van der Waals surface area contributed by atoms with Crippen molar-refractivity contribution in [2.45, 2.75) is 58.7 Å². The molecule has 0 fully saturated rings. The summed E-state index contributed by atoms with van der Waals surface area (Å²) in [6.45, 7) is 6.08. The van der Waals surface area contributed by atoms with Crippen LogP contribution in [0.5, 0.6) is 17.2 Å². The zero-order chi connectivity index (χ0) is 24.0. The van der Waals surface area contributed by atoms with Crippen LogP contribution >= 0.6 is 0 Å². The molecule has 1 heterocycles. The number of carbonyl (C=O) groups is 2. The van der Waals surface area contributed by atoms with Crippen LogP contribution in [-0.2, 0) is 20.9 Å². The maximum Gasteiger partial charge on any atom is 0.338 e. The average Bonchev–Trinajstić information content (AvgIpc) is 3.16. The Bertz CT molecular complexity index is 1010. The molecule has 0 N–H and O–H groups in total.